The van der Waals surface area contributed by atoms with Gasteiger partial charge in [-0.05, 0) is 25.5 Å². The number of aryl methyl sites for hydroxylation is 1. The molecule has 0 aromatic carbocycles. The highest BCUT2D eigenvalue weighted by atomic mass is 35.5. The Balaban J connectivity index is 2.25. The van der Waals surface area contributed by atoms with Crippen molar-refractivity contribution < 1.29 is 13.9 Å². The standard InChI is InChI=1S/C11H16ClNO3/c1-8-3-4-10(16-8)11(14)13-6-5-9(12)7-15-2/h3-4,9H,5-7H2,1-2H3,(H,13,14). The number of carbonyl (C=O) groups excluding carboxylic acids is 1. The first-order valence-electron chi connectivity index (χ1n) is 5.11. The second-order valence-corrected chi connectivity index (χ2v) is 4.12. The van der Waals surface area contributed by atoms with Crippen LogP contribution < -0.4 is 5.32 Å². The Labute approximate surface area is 99.9 Å². The van der Waals surface area contributed by atoms with E-state index in [0.29, 0.717) is 25.3 Å². The fourth-order valence-corrected chi connectivity index (χ4v) is 1.49. The fraction of sp³-hybridized carbons (Fsp3) is 0.545. The predicted molar refractivity (Wildman–Crippen MR) is 61.9 cm³/mol. The Hall–Kier alpha value is -1.00. The van der Waals surface area contributed by atoms with Crippen LogP contribution in [0, 0.1) is 6.92 Å². The molecule has 1 atom stereocenters. The highest BCUT2D eigenvalue weighted by molar-refractivity contribution is 6.20. The first-order chi connectivity index (χ1) is 7.63. The van der Waals surface area contributed by atoms with E-state index in [-0.39, 0.29) is 11.3 Å². The lowest BCUT2D eigenvalue weighted by atomic mass is 10.3. The summed E-state index contributed by atoms with van der Waals surface area (Å²) in [4.78, 5) is 11.5. The minimum absolute atomic E-state index is 0.0800. The Morgan fingerprint density at radius 2 is 2.38 bits per heavy atom. The molecule has 1 aromatic heterocycles. The molecule has 16 heavy (non-hydrogen) atoms. The largest absolute Gasteiger partial charge is 0.456 e. The van der Waals surface area contributed by atoms with Crippen molar-refractivity contribution in [2.75, 3.05) is 20.3 Å². The molecule has 0 bridgehead atoms. The van der Waals surface area contributed by atoms with E-state index in [2.05, 4.69) is 5.32 Å². The van der Waals surface area contributed by atoms with E-state index in [1.807, 2.05) is 0 Å². The van der Waals surface area contributed by atoms with Crippen LogP contribution in [0.2, 0.25) is 0 Å². The average molecular weight is 246 g/mol. The van der Waals surface area contributed by atoms with E-state index < -0.39 is 0 Å². The van der Waals surface area contributed by atoms with Crippen molar-refractivity contribution >= 4 is 17.5 Å². The molecule has 1 unspecified atom stereocenters. The minimum Gasteiger partial charge on any atom is -0.456 e. The quantitative estimate of drug-likeness (QED) is 0.780. The summed E-state index contributed by atoms with van der Waals surface area (Å²) in [5, 5.41) is 2.65. The summed E-state index contributed by atoms with van der Waals surface area (Å²) in [5.74, 6) is 0.838. The molecule has 0 aliphatic heterocycles. The molecule has 1 heterocycles. The maximum Gasteiger partial charge on any atom is 0.286 e. The number of furan rings is 1. The van der Waals surface area contributed by atoms with Gasteiger partial charge in [0.2, 0.25) is 0 Å². The molecule has 90 valence electrons. The molecule has 4 nitrogen and oxygen atoms in total. The predicted octanol–water partition coefficient (Wildman–Crippen LogP) is 1.96. The van der Waals surface area contributed by atoms with E-state index in [1.54, 1.807) is 26.2 Å². The second-order valence-electron chi connectivity index (χ2n) is 3.51. The number of methoxy groups -OCH3 is 1. The summed E-state index contributed by atoms with van der Waals surface area (Å²) < 4.78 is 10.1. The first-order valence-corrected chi connectivity index (χ1v) is 5.54. The Morgan fingerprint density at radius 3 is 2.94 bits per heavy atom. The van der Waals surface area contributed by atoms with Crippen LogP contribution in [-0.2, 0) is 4.74 Å². The zero-order valence-electron chi connectivity index (χ0n) is 9.46. The first kappa shape index (κ1) is 13.1. The number of hydrogen-bond acceptors (Lipinski definition) is 3. The van der Waals surface area contributed by atoms with Crippen molar-refractivity contribution in [2.24, 2.45) is 0 Å². The molecule has 1 aromatic rings. The third-order valence-corrected chi connectivity index (χ3v) is 2.40. The molecule has 0 aliphatic rings. The van der Waals surface area contributed by atoms with Gasteiger partial charge in [0.05, 0.1) is 12.0 Å². The SMILES string of the molecule is COCC(Cl)CCNC(=O)c1ccc(C)o1. The lowest BCUT2D eigenvalue weighted by Crippen LogP contribution is -2.26. The van der Waals surface area contributed by atoms with Crippen LogP contribution >= 0.6 is 11.6 Å². The second kappa shape index (κ2) is 6.55. The normalized spacial score (nSPS) is 12.4. The summed E-state index contributed by atoms with van der Waals surface area (Å²) in [6.07, 6.45) is 0.667. The topological polar surface area (TPSA) is 51.5 Å². The van der Waals surface area contributed by atoms with Crippen LogP contribution in [0.15, 0.2) is 16.5 Å². The van der Waals surface area contributed by atoms with Gasteiger partial charge in [0.25, 0.3) is 5.91 Å². The molecular formula is C11H16ClNO3. The number of amides is 1. The van der Waals surface area contributed by atoms with Gasteiger partial charge in [-0.3, -0.25) is 4.79 Å². The Bertz CT molecular complexity index is 338. The van der Waals surface area contributed by atoms with Crippen LogP contribution in [0.1, 0.15) is 22.7 Å². The molecule has 5 heteroatoms. The monoisotopic (exact) mass is 245 g/mol. The zero-order chi connectivity index (χ0) is 12.0. The van der Waals surface area contributed by atoms with E-state index in [4.69, 9.17) is 20.8 Å². The molecular weight excluding hydrogens is 230 g/mol. The van der Waals surface area contributed by atoms with E-state index in [1.165, 1.54) is 0 Å². The molecule has 0 fully saturated rings. The van der Waals surface area contributed by atoms with Gasteiger partial charge in [-0.25, -0.2) is 0 Å². The Morgan fingerprint density at radius 1 is 1.62 bits per heavy atom. The fourth-order valence-electron chi connectivity index (χ4n) is 1.25. The van der Waals surface area contributed by atoms with Gasteiger partial charge in [-0.1, -0.05) is 0 Å². The van der Waals surface area contributed by atoms with Gasteiger partial charge in [0.15, 0.2) is 5.76 Å². The Kier molecular flexibility index (Phi) is 5.35. The van der Waals surface area contributed by atoms with Crippen LogP contribution in [0.25, 0.3) is 0 Å². The van der Waals surface area contributed by atoms with Crippen molar-refractivity contribution in [3.8, 4) is 0 Å². The number of nitrogens with one attached hydrogen (secondary N) is 1. The molecule has 0 spiro atoms. The van der Waals surface area contributed by atoms with Crippen LogP contribution in [-0.4, -0.2) is 31.5 Å². The highest BCUT2D eigenvalue weighted by Crippen LogP contribution is 2.06. The number of halogens is 1. The molecule has 1 amide bonds. The average Bonchev–Trinajstić information content (AvgIpc) is 2.65. The number of carbonyl (C=O) groups is 1. The van der Waals surface area contributed by atoms with E-state index in [9.17, 15) is 4.79 Å². The van der Waals surface area contributed by atoms with E-state index in [0.717, 1.165) is 5.76 Å². The summed E-state index contributed by atoms with van der Waals surface area (Å²) in [6, 6.07) is 3.40. The molecule has 0 aliphatic carbocycles. The number of ether oxygens (including phenoxy) is 1. The number of alkyl halides is 1. The molecule has 0 saturated heterocycles. The number of rotatable bonds is 6. The smallest absolute Gasteiger partial charge is 0.286 e. The highest BCUT2D eigenvalue weighted by Gasteiger charge is 2.10. The third-order valence-electron chi connectivity index (χ3n) is 2.05. The van der Waals surface area contributed by atoms with Gasteiger partial charge >= 0.3 is 0 Å². The van der Waals surface area contributed by atoms with Crippen LogP contribution in [0.3, 0.4) is 0 Å². The van der Waals surface area contributed by atoms with Crippen LogP contribution in [0.5, 0.6) is 0 Å². The summed E-state index contributed by atoms with van der Waals surface area (Å²) in [7, 11) is 1.60. The van der Waals surface area contributed by atoms with Crippen molar-refractivity contribution in [1.29, 1.82) is 0 Å². The molecule has 0 saturated carbocycles. The molecule has 0 radical (unpaired) electrons. The van der Waals surface area contributed by atoms with Gasteiger partial charge in [0.1, 0.15) is 5.76 Å². The van der Waals surface area contributed by atoms with Gasteiger partial charge in [-0.2, -0.15) is 0 Å². The van der Waals surface area contributed by atoms with Crippen molar-refractivity contribution in [1.82, 2.24) is 5.32 Å². The maximum absolute atomic E-state index is 11.5. The maximum atomic E-state index is 11.5. The van der Waals surface area contributed by atoms with Gasteiger partial charge < -0.3 is 14.5 Å². The van der Waals surface area contributed by atoms with Crippen molar-refractivity contribution in [3.63, 3.8) is 0 Å². The van der Waals surface area contributed by atoms with Gasteiger partial charge in [-0.15, -0.1) is 11.6 Å². The summed E-state index contributed by atoms with van der Waals surface area (Å²) in [6.45, 7) is 2.79. The van der Waals surface area contributed by atoms with Crippen molar-refractivity contribution in [3.05, 3.63) is 23.7 Å². The van der Waals surface area contributed by atoms with E-state index >= 15 is 0 Å². The molecule has 1 rings (SSSR count). The molecule has 1 N–H and O–H groups in total. The lowest BCUT2D eigenvalue weighted by Gasteiger charge is -2.08. The zero-order valence-corrected chi connectivity index (χ0v) is 10.2. The van der Waals surface area contributed by atoms with Crippen LogP contribution in [0.4, 0.5) is 0 Å². The minimum atomic E-state index is -0.214. The third kappa shape index (κ3) is 4.24. The van der Waals surface area contributed by atoms with Gasteiger partial charge in [0, 0.05) is 13.7 Å². The summed E-state index contributed by atoms with van der Waals surface area (Å²) >= 11 is 5.91. The summed E-state index contributed by atoms with van der Waals surface area (Å²) in [5.41, 5.74) is 0. The lowest BCUT2D eigenvalue weighted by molar-refractivity contribution is 0.0923. The number of hydrogen-bond donors (Lipinski definition) is 1. The van der Waals surface area contributed by atoms with Crippen molar-refractivity contribution in [2.45, 2.75) is 18.7 Å².